The Kier molecular flexibility index (Phi) is 4.38. The molecule has 0 radical (unpaired) electrons. The van der Waals surface area contributed by atoms with E-state index in [9.17, 15) is 5.11 Å². The second-order valence-electron chi connectivity index (χ2n) is 5.12. The van der Waals surface area contributed by atoms with E-state index in [-0.39, 0.29) is 6.61 Å². The van der Waals surface area contributed by atoms with Crippen LogP contribution in [0.25, 0.3) is 6.08 Å². The first kappa shape index (κ1) is 12.4. The highest BCUT2D eigenvalue weighted by molar-refractivity contribution is 5.54. The van der Waals surface area contributed by atoms with Crippen LogP contribution in [0.3, 0.4) is 0 Å². The molecule has 17 heavy (non-hydrogen) atoms. The molecule has 0 spiro atoms. The number of hydrogen-bond acceptors (Lipinski definition) is 1. The van der Waals surface area contributed by atoms with E-state index in [1.807, 2.05) is 0 Å². The van der Waals surface area contributed by atoms with Crippen molar-refractivity contribution in [3.8, 4) is 0 Å². The van der Waals surface area contributed by atoms with Crippen molar-refractivity contribution >= 4 is 6.08 Å². The molecule has 0 bridgehead atoms. The van der Waals surface area contributed by atoms with E-state index in [4.69, 9.17) is 0 Å². The molecule has 92 valence electrons. The summed E-state index contributed by atoms with van der Waals surface area (Å²) in [5.41, 5.74) is 3.71. The van der Waals surface area contributed by atoms with Crippen LogP contribution >= 0.6 is 0 Å². The topological polar surface area (TPSA) is 20.2 Å². The zero-order valence-electron chi connectivity index (χ0n) is 10.7. The third kappa shape index (κ3) is 3.44. The molecule has 1 aromatic carbocycles. The van der Waals surface area contributed by atoms with Gasteiger partial charge in [-0.1, -0.05) is 55.2 Å². The van der Waals surface area contributed by atoms with Crippen LogP contribution in [0.1, 0.15) is 43.2 Å². The third-order valence-electron chi connectivity index (χ3n) is 3.74. The standard InChI is InChI=1S/C16H22O/c1-13-7-9-14(10-8-13)11-16(12-17)15-5-3-2-4-6-15/h7-11,15,17H,2-6,12H2,1H3. The summed E-state index contributed by atoms with van der Waals surface area (Å²) in [4.78, 5) is 0. The zero-order valence-corrected chi connectivity index (χ0v) is 10.7. The van der Waals surface area contributed by atoms with Gasteiger partial charge in [-0.3, -0.25) is 0 Å². The molecule has 0 heterocycles. The quantitative estimate of drug-likeness (QED) is 0.833. The van der Waals surface area contributed by atoms with E-state index in [0.717, 1.165) is 0 Å². The van der Waals surface area contributed by atoms with Crippen LogP contribution < -0.4 is 0 Å². The fraction of sp³-hybridized carbons (Fsp3) is 0.500. The van der Waals surface area contributed by atoms with Crippen molar-refractivity contribution in [3.63, 3.8) is 0 Å². The predicted octanol–water partition coefficient (Wildman–Crippen LogP) is 3.95. The van der Waals surface area contributed by atoms with Crippen LogP contribution in [0.4, 0.5) is 0 Å². The molecule has 1 heteroatoms. The van der Waals surface area contributed by atoms with Crippen LogP contribution in [0.15, 0.2) is 29.8 Å². The first-order chi connectivity index (χ1) is 8.29. The monoisotopic (exact) mass is 230 g/mol. The number of benzene rings is 1. The Morgan fingerprint density at radius 2 is 1.82 bits per heavy atom. The molecule has 1 nitrogen and oxygen atoms in total. The van der Waals surface area contributed by atoms with Crippen molar-refractivity contribution in [1.82, 2.24) is 0 Å². The van der Waals surface area contributed by atoms with E-state index in [0.29, 0.717) is 5.92 Å². The summed E-state index contributed by atoms with van der Waals surface area (Å²) in [5.74, 6) is 0.607. The highest BCUT2D eigenvalue weighted by atomic mass is 16.3. The van der Waals surface area contributed by atoms with Crippen LogP contribution in [0, 0.1) is 12.8 Å². The first-order valence-electron chi connectivity index (χ1n) is 6.67. The van der Waals surface area contributed by atoms with E-state index >= 15 is 0 Å². The van der Waals surface area contributed by atoms with Gasteiger partial charge in [0.25, 0.3) is 0 Å². The molecular weight excluding hydrogens is 208 g/mol. The molecule has 0 unspecified atom stereocenters. The number of aliphatic hydroxyl groups excluding tert-OH is 1. The Morgan fingerprint density at radius 3 is 2.41 bits per heavy atom. The van der Waals surface area contributed by atoms with E-state index in [1.165, 1.54) is 48.8 Å². The van der Waals surface area contributed by atoms with Gasteiger partial charge in [0.05, 0.1) is 6.61 Å². The van der Waals surface area contributed by atoms with Crippen molar-refractivity contribution in [2.75, 3.05) is 6.61 Å². The summed E-state index contributed by atoms with van der Waals surface area (Å²) >= 11 is 0. The summed E-state index contributed by atoms with van der Waals surface area (Å²) in [6, 6.07) is 8.52. The molecule has 1 aliphatic rings. The minimum Gasteiger partial charge on any atom is -0.392 e. The van der Waals surface area contributed by atoms with Gasteiger partial charge in [0.15, 0.2) is 0 Å². The van der Waals surface area contributed by atoms with Gasteiger partial charge in [-0.25, -0.2) is 0 Å². The average Bonchev–Trinajstić information content (AvgIpc) is 2.39. The summed E-state index contributed by atoms with van der Waals surface area (Å²) in [6.45, 7) is 2.31. The molecular formula is C16H22O. The van der Waals surface area contributed by atoms with Gasteiger partial charge >= 0.3 is 0 Å². The van der Waals surface area contributed by atoms with E-state index in [1.54, 1.807) is 0 Å². The van der Waals surface area contributed by atoms with Crippen LogP contribution in [0.2, 0.25) is 0 Å². The second kappa shape index (κ2) is 6.02. The van der Waals surface area contributed by atoms with Crippen molar-refractivity contribution < 1.29 is 5.11 Å². The molecule has 1 saturated carbocycles. The molecule has 1 N–H and O–H groups in total. The Bertz CT molecular complexity index is 369. The Morgan fingerprint density at radius 1 is 1.18 bits per heavy atom. The minimum absolute atomic E-state index is 0.207. The Labute approximate surface area is 104 Å². The third-order valence-corrected chi connectivity index (χ3v) is 3.74. The fourth-order valence-electron chi connectivity index (χ4n) is 2.64. The van der Waals surface area contributed by atoms with Crippen molar-refractivity contribution in [2.24, 2.45) is 5.92 Å². The molecule has 0 aromatic heterocycles. The lowest BCUT2D eigenvalue weighted by molar-refractivity contribution is 0.295. The smallest absolute Gasteiger partial charge is 0.0647 e. The highest BCUT2D eigenvalue weighted by Crippen LogP contribution is 2.30. The molecule has 1 aromatic rings. The Hall–Kier alpha value is -1.08. The lowest BCUT2D eigenvalue weighted by Crippen LogP contribution is -2.11. The fourth-order valence-corrected chi connectivity index (χ4v) is 2.64. The summed E-state index contributed by atoms with van der Waals surface area (Å²) in [5, 5.41) is 9.53. The molecule has 2 rings (SSSR count). The molecule has 1 aliphatic carbocycles. The van der Waals surface area contributed by atoms with Gasteiger partial charge in [0.2, 0.25) is 0 Å². The molecule has 0 amide bonds. The summed E-state index contributed by atoms with van der Waals surface area (Å²) in [7, 11) is 0. The zero-order chi connectivity index (χ0) is 12.1. The lowest BCUT2D eigenvalue weighted by Gasteiger charge is -2.23. The van der Waals surface area contributed by atoms with Gasteiger partial charge in [-0.15, -0.1) is 0 Å². The van der Waals surface area contributed by atoms with Crippen LogP contribution in [0.5, 0.6) is 0 Å². The molecule has 0 aliphatic heterocycles. The van der Waals surface area contributed by atoms with Crippen molar-refractivity contribution in [1.29, 1.82) is 0 Å². The Balaban J connectivity index is 2.13. The van der Waals surface area contributed by atoms with Gasteiger partial charge in [0, 0.05) is 0 Å². The maximum absolute atomic E-state index is 9.53. The first-order valence-corrected chi connectivity index (χ1v) is 6.67. The second-order valence-corrected chi connectivity index (χ2v) is 5.12. The summed E-state index contributed by atoms with van der Waals surface area (Å²) < 4.78 is 0. The van der Waals surface area contributed by atoms with Gasteiger partial charge in [0.1, 0.15) is 0 Å². The van der Waals surface area contributed by atoms with Gasteiger partial charge in [-0.2, -0.15) is 0 Å². The molecule has 0 saturated heterocycles. The largest absolute Gasteiger partial charge is 0.392 e. The normalized spacial score (nSPS) is 18.4. The SMILES string of the molecule is Cc1ccc(C=C(CO)C2CCCCC2)cc1. The lowest BCUT2D eigenvalue weighted by atomic mass is 9.83. The number of aryl methyl sites for hydroxylation is 1. The summed E-state index contributed by atoms with van der Waals surface area (Å²) in [6.07, 6.45) is 8.66. The highest BCUT2D eigenvalue weighted by Gasteiger charge is 2.16. The van der Waals surface area contributed by atoms with Crippen LogP contribution in [-0.2, 0) is 0 Å². The van der Waals surface area contributed by atoms with Gasteiger partial charge < -0.3 is 5.11 Å². The number of aliphatic hydroxyl groups is 1. The maximum Gasteiger partial charge on any atom is 0.0647 e. The van der Waals surface area contributed by atoms with Crippen LogP contribution in [-0.4, -0.2) is 11.7 Å². The number of hydrogen-bond donors (Lipinski definition) is 1. The number of rotatable bonds is 3. The average molecular weight is 230 g/mol. The predicted molar refractivity (Wildman–Crippen MR) is 72.8 cm³/mol. The molecule has 1 fully saturated rings. The maximum atomic E-state index is 9.53. The van der Waals surface area contributed by atoms with E-state index < -0.39 is 0 Å². The van der Waals surface area contributed by atoms with E-state index in [2.05, 4.69) is 37.3 Å². The van der Waals surface area contributed by atoms with Gasteiger partial charge in [-0.05, 0) is 36.8 Å². The van der Waals surface area contributed by atoms with Crippen molar-refractivity contribution in [2.45, 2.75) is 39.0 Å². The van der Waals surface area contributed by atoms with Crippen molar-refractivity contribution in [3.05, 3.63) is 41.0 Å². The molecule has 0 atom stereocenters. The minimum atomic E-state index is 0.207.